The number of benzene rings is 4. The van der Waals surface area contributed by atoms with E-state index in [4.69, 9.17) is 4.74 Å². The Labute approximate surface area is 528 Å². The van der Waals surface area contributed by atoms with Gasteiger partial charge in [0.25, 0.3) is 0 Å². The Morgan fingerprint density at radius 1 is 0.567 bits per heavy atom. The van der Waals surface area contributed by atoms with Crippen LogP contribution in [0.2, 0.25) is 0 Å². The normalized spacial score (nSPS) is 21.4. The Kier molecular flexibility index (Phi) is 22.2. The standard InChI is InChI=1S/C69H91N11O10/c1-41(70-6)62(83)77-56(66(87)79-39-46(37-57(79)64(85)75-54-30-16-22-43-20-8-10-24-47(43)54)74-68(89)90-40-53-51-28-14-12-26-49(51)50-27-13-15-29-52(50)53)32-19-35-72-59(81)33-18-34-60(82)73-45-36-58(65(86)76-55-31-17-23-44-21-9-11-25-48(44)55)80(38-45)67(88)61(69(3,4)5)78-63(84)42(2)71-7/h8-15,20-21,24-29,41-42,45-46,53-58,61,70-71H,16-19,22-23,30-40H2,1-7H3,(H,72,81)(H,73,82)(H,74,89)(H,75,85)(H,76,86)(H,77,83)(H,78,84)/t41-,42-,45-,46-,54+,55?,56-,57-,58-,61+/m0/s1. The maximum absolute atomic E-state index is 15.0. The van der Waals surface area contributed by atoms with Gasteiger partial charge < -0.3 is 62.4 Å². The van der Waals surface area contributed by atoms with Gasteiger partial charge in [0.05, 0.1) is 30.2 Å². The van der Waals surface area contributed by atoms with Crippen molar-refractivity contribution in [2.45, 2.75) is 184 Å². The highest BCUT2D eigenvalue weighted by Gasteiger charge is 2.47. The number of carbonyl (C=O) groups excluding carboxylic acids is 9. The summed E-state index contributed by atoms with van der Waals surface area (Å²) in [6.45, 7) is 9.11. The van der Waals surface area contributed by atoms with Gasteiger partial charge in [-0.2, -0.15) is 0 Å². The molecule has 9 amide bonds. The Hall–Kier alpha value is -8.17. The van der Waals surface area contributed by atoms with Gasteiger partial charge in [0.2, 0.25) is 47.3 Å². The maximum Gasteiger partial charge on any atom is 0.407 e. The van der Waals surface area contributed by atoms with E-state index in [1.807, 2.05) is 93.6 Å². The molecule has 9 N–H and O–H groups in total. The molecule has 2 saturated heterocycles. The smallest absolute Gasteiger partial charge is 0.407 e. The second-order valence-electron chi connectivity index (χ2n) is 26.0. The van der Waals surface area contributed by atoms with E-state index in [0.29, 0.717) is 6.42 Å². The SMILES string of the molecule is CN[C@@H](C)C(=O)N[C@@H](CCCNC(=O)CCCC(=O)N[C@H]1C[C@@H](C(=O)NC2CCCc3ccccc32)N(C(=O)[C@@H](NC(=O)[C@H](C)NC)C(C)(C)C)C1)C(=O)N1C[C@@H](NC(=O)OCC2c3ccccc3-c3ccccc32)C[C@H]1C(=O)N[C@@H]1CCCc2ccccc21. The van der Waals surface area contributed by atoms with Crippen molar-refractivity contribution >= 4 is 53.4 Å². The predicted octanol–water partition coefficient (Wildman–Crippen LogP) is 5.27. The van der Waals surface area contributed by atoms with Gasteiger partial charge in [-0.1, -0.05) is 118 Å². The van der Waals surface area contributed by atoms with E-state index >= 15 is 0 Å². The summed E-state index contributed by atoms with van der Waals surface area (Å²) in [4.78, 5) is 129. The first-order valence-electron chi connectivity index (χ1n) is 32.2. The Bertz CT molecular complexity index is 3230. The molecule has 21 nitrogen and oxygen atoms in total. The van der Waals surface area contributed by atoms with E-state index in [1.54, 1.807) is 27.9 Å². The molecule has 0 aromatic heterocycles. The molecule has 4 aromatic rings. The van der Waals surface area contributed by atoms with Crippen molar-refractivity contribution in [2.75, 3.05) is 40.3 Å². The van der Waals surface area contributed by atoms with E-state index in [0.717, 1.165) is 76.6 Å². The van der Waals surface area contributed by atoms with Gasteiger partial charge in [-0.3, -0.25) is 38.4 Å². The lowest BCUT2D eigenvalue weighted by Gasteiger charge is -2.36. The van der Waals surface area contributed by atoms with Gasteiger partial charge in [-0.25, -0.2) is 4.79 Å². The average Bonchev–Trinajstić information content (AvgIpc) is 1.64. The third kappa shape index (κ3) is 16.0. The molecule has 9 rings (SSSR count). The van der Waals surface area contributed by atoms with Crippen LogP contribution in [0.1, 0.15) is 157 Å². The Morgan fingerprint density at radius 3 is 1.58 bits per heavy atom. The molecule has 0 saturated carbocycles. The van der Waals surface area contributed by atoms with Crippen LogP contribution in [0.3, 0.4) is 0 Å². The molecule has 0 spiro atoms. The first kappa shape index (κ1) is 66.3. The monoisotopic (exact) mass is 1230 g/mol. The van der Waals surface area contributed by atoms with E-state index in [9.17, 15) is 43.2 Å². The summed E-state index contributed by atoms with van der Waals surface area (Å²) in [5.74, 6) is -3.33. The summed E-state index contributed by atoms with van der Waals surface area (Å²) >= 11 is 0. The van der Waals surface area contributed by atoms with Crippen LogP contribution in [-0.2, 0) is 55.9 Å². The zero-order chi connectivity index (χ0) is 64.2. The van der Waals surface area contributed by atoms with Crippen molar-refractivity contribution in [1.29, 1.82) is 0 Å². The number of alkyl carbamates (subject to hydrolysis) is 1. The molecule has 0 bridgehead atoms. The van der Waals surface area contributed by atoms with E-state index in [1.165, 1.54) is 9.80 Å². The number of nitrogens with zero attached hydrogens (tertiary/aromatic N) is 2. The topological polar surface area (TPSA) is 278 Å². The molecule has 2 aliphatic heterocycles. The van der Waals surface area contributed by atoms with Crippen LogP contribution in [0.5, 0.6) is 0 Å². The molecule has 4 aromatic carbocycles. The fourth-order valence-electron chi connectivity index (χ4n) is 13.4. The molecule has 2 heterocycles. The van der Waals surface area contributed by atoms with E-state index < -0.39 is 77.6 Å². The summed E-state index contributed by atoms with van der Waals surface area (Å²) in [7, 11) is 3.28. The summed E-state index contributed by atoms with van der Waals surface area (Å²) in [6, 6.07) is 25.0. The van der Waals surface area contributed by atoms with Crippen molar-refractivity contribution in [3.05, 3.63) is 130 Å². The molecule has 3 aliphatic carbocycles. The lowest BCUT2D eigenvalue weighted by atomic mass is 9.85. The second kappa shape index (κ2) is 30.1. The third-order valence-corrected chi connectivity index (χ3v) is 18.6. The van der Waals surface area contributed by atoms with Crippen molar-refractivity contribution in [2.24, 2.45) is 5.41 Å². The van der Waals surface area contributed by atoms with Gasteiger partial charge in [0.1, 0.15) is 30.8 Å². The zero-order valence-electron chi connectivity index (χ0n) is 53.1. The number of ether oxygens (including phenoxy) is 1. The van der Waals surface area contributed by atoms with Crippen LogP contribution in [0.25, 0.3) is 11.1 Å². The van der Waals surface area contributed by atoms with Crippen molar-refractivity contribution < 1.29 is 47.9 Å². The van der Waals surface area contributed by atoms with Gasteiger partial charge in [0, 0.05) is 44.4 Å². The quantitative estimate of drug-likeness (QED) is 0.0406. The van der Waals surface area contributed by atoms with Crippen molar-refractivity contribution in [1.82, 2.24) is 57.7 Å². The third-order valence-electron chi connectivity index (χ3n) is 18.6. The first-order chi connectivity index (χ1) is 43.2. The van der Waals surface area contributed by atoms with Crippen LogP contribution in [0.4, 0.5) is 4.79 Å². The maximum atomic E-state index is 15.0. The average molecular weight is 1230 g/mol. The highest BCUT2D eigenvalue weighted by atomic mass is 16.5. The number of likely N-dealkylation sites (N-methyl/N-ethyl adjacent to an activating group) is 2. The number of nitrogens with one attached hydrogen (secondary N) is 9. The van der Waals surface area contributed by atoms with E-state index in [-0.39, 0.29) is 119 Å². The Balaban J connectivity index is 0.805. The number of aryl methyl sites for hydroxylation is 2. The van der Waals surface area contributed by atoms with Gasteiger partial charge in [0.15, 0.2) is 0 Å². The first-order valence-corrected chi connectivity index (χ1v) is 32.2. The lowest BCUT2D eigenvalue weighted by molar-refractivity contribution is -0.144. The van der Waals surface area contributed by atoms with Crippen LogP contribution in [0.15, 0.2) is 97.1 Å². The summed E-state index contributed by atoms with van der Waals surface area (Å²) < 4.78 is 5.91. The molecule has 1 unspecified atom stereocenters. The number of carbonyl (C=O) groups is 9. The molecule has 482 valence electrons. The number of hydrogen-bond acceptors (Lipinski definition) is 12. The molecule has 90 heavy (non-hydrogen) atoms. The number of likely N-dealkylation sites (tertiary alicyclic amines) is 2. The van der Waals surface area contributed by atoms with Crippen LogP contribution < -0.4 is 47.9 Å². The fraction of sp³-hybridized carbons (Fsp3) is 0.522. The molecular formula is C69H91N11O10. The number of hydrogen-bond donors (Lipinski definition) is 9. The van der Waals surface area contributed by atoms with Crippen molar-refractivity contribution in [3.63, 3.8) is 0 Å². The highest BCUT2D eigenvalue weighted by molar-refractivity contribution is 5.95. The molecule has 21 heteroatoms. The number of fused-ring (bicyclic) bond motifs is 5. The van der Waals surface area contributed by atoms with Crippen molar-refractivity contribution in [3.8, 4) is 11.1 Å². The van der Waals surface area contributed by atoms with Gasteiger partial charge in [-0.05, 0) is 148 Å². The van der Waals surface area contributed by atoms with Gasteiger partial charge in [-0.15, -0.1) is 0 Å². The molecular weight excluding hydrogens is 1140 g/mol. The van der Waals surface area contributed by atoms with Crippen LogP contribution >= 0.6 is 0 Å². The minimum Gasteiger partial charge on any atom is -0.449 e. The summed E-state index contributed by atoms with van der Waals surface area (Å²) in [5.41, 5.74) is 7.95. The summed E-state index contributed by atoms with van der Waals surface area (Å²) in [6.07, 6.45) is 5.10. The predicted molar refractivity (Wildman–Crippen MR) is 341 cm³/mol. The number of rotatable bonds is 24. The zero-order valence-corrected chi connectivity index (χ0v) is 53.1. The molecule has 5 aliphatic rings. The van der Waals surface area contributed by atoms with Crippen LogP contribution in [-0.4, -0.2) is 152 Å². The van der Waals surface area contributed by atoms with Crippen LogP contribution in [0, 0.1) is 5.41 Å². The molecule has 2 fully saturated rings. The molecule has 10 atom stereocenters. The van der Waals surface area contributed by atoms with Gasteiger partial charge >= 0.3 is 6.09 Å². The van der Waals surface area contributed by atoms with E-state index in [2.05, 4.69) is 72.1 Å². The minimum absolute atomic E-state index is 0.00146. The molecule has 0 radical (unpaired) electrons. The number of amides is 9. The second-order valence-corrected chi connectivity index (χ2v) is 26.0. The largest absolute Gasteiger partial charge is 0.449 e. The highest BCUT2D eigenvalue weighted by Crippen LogP contribution is 2.45. The summed E-state index contributed by atoms with van der Waals surface area (Å²) in [5, 5.41) is 26.9. The lowest BCUT2D eigenvalue weighted by Crippen LogP contribution is -2.59. The minimum atomic E-state index is -1.11. The Morgan fingerprint density at radius 2 is 1.04 bits per heavy atom. The fourth-order valence-corrected chi connectivity index (χ4v) is 13.4.